The van der Waals surface area contributed by atoms with Crippen molar-refractivity contribution in [3.63, 3.8) is 0 Å². The van der Waals surface area contributed by atoms with Gasteiger partial charge in [-0.1, -0.05) is 0 Å². The van der Waals surface area contributed by atoms with Crippen LogP contribution in [0.3, 0.4) is 0 Å². The molecule has 0 aromatic carbocycles. The van der Waals surface area contributed by atoms with Gasteiger partial charge < -0.3 is 11.1 Å². The molecule has 1 aliphatic carbocycles. The number of nitrogens with one attached hydrogen (secondary N) is 1. The molecule has 7 heteroatoms. The van der Waals surface area contributed by atoms with Crippen molar-refractivity contribution in [1.82, 2.24) is 15.0 Å². The van der Waals surface area contributed by atoms with Gasteiger partial charge in [0.25, 0.3) is 0 Å². The minimum absolute atomic E-state index is 0.0344. The fourth-order valence-corrected chi connectivity index (χ4v) is 2.69. The maximum atomic E-state index is 11.9. The topological polar surface area (TPSA) is 118 Å². The van der Waals surface area contributed by atoms with Crippen LogP contribution < -0.4 is 11.1 Å². The van der Waals surface area contributed by atoms with Crippen LogP contribution in [0.4, 0.5) is 11.6 Å². The van der Waals surface area contributed by atoms with E-state index in [0.717, 1.165) is 40.4 Å². The van der Waals surface area contributed by atoms with Gasteiger partial charge in [-0.25, -0.2) is 9.97 Å². The third kappa shape index (κ3) is 4.18. The third-order valence-corrected chi connectivity index (χ3v) is 4.26. The van der Waals surface area contributed by atoms with Crippen LogP contribution in [0.5, 0.6) is 0 Å². The number of aromatic nitrogens is 3. The first-order valence-electron chi connectivity index (χ1n) is 8.62. The van der Waals surface area contributed by atoms with E-state index in [4.69, 9.17) is 11.0 Å². The number of nitrogens with zero attached hydrogens (tertiary/aromatic N) is 4. The van der Waals surface area contributed by atoms with Gasteiger partial charge in [0.1, 0.15) is 11.6 Å². The molecule has 0 unspecified atom stereocenters. The maximum absolute atomic E-state index is 11.9. The summed E-state index contributed by atoms with van der Waals surface area (Å²) in [6, 6.07) is 7.47. The summed E-state index contributed by atoms with van der Waals surface area (Å²) in [5, 5.41) is 11.8. The molecule has 0 bridgehead atoms. The molecular weight excluding hydrogens is 340 g/mol. The minimum Gasteiger partial charge on any atom is -0.383 e. The first-order chi connectivity index (χ1) is 13.0. The van der Waals surface area contributed by atoms with Gasteiger partial charge in [0, 0.05) is 42.4 Å². The number of rotatable bonds is 3. The second-order valence-corrected chi connectivity index (χ2v) is 6.36. The van der Waals surface area contributed by atoms with Crippen LogP contribution in [0.15, 0.2) is 36.8 Å². The average molecular weight is 360 g/mol. The van der Waals surface area contributed by atoms with Crippen molar-refractivity contribution in [3.8, 4) is 17.3 Å². The van der Waals surface area contributed by atoms with Gasteiger partial charge in [0.2, 0.25) is 5.91 Å². The summed E-state index contributed by atoms with van der Waals surface area (Å²) in [5.41, 5.74) is 8.87. The second kappa shape index (κ2) is 7.79. The number of pyridine rings is 3. The van der Waals surface area contributed by atoms with E-state index in [1.54, 1.807) is 24.7 Å². The number of nitrogen functional groups attached to an aromatic ring is 1. The van der Waals surface area contributed by atoms with Gasteiger partial charge in [0.15, 0.2) is 0 Å². The molecule has 3 aromatic heterocycles. The van der Waals surface area contributed by atoms with Crippen LogP contribution in [-0.2, 0) is 4.79 Å². The molecule has 0 spiro atoms. The predicted molar refractivity (Wildman–Crippen MR) is 105 cm³/mol. The van der Waals surface area contributed by atoms with Crippen LogP contribution in [0.1, 0.15) is 25.3 Å². The molecule has 0 saturated heterocycles. The Kier molecular flexibility index (Phi) is 5.27. The summed E-state index contributed by atoms with van der Waals surface area (Å²) in [4.78, 5) is 24.8. The molecule has 0 aliphatic heterocycles. The molecule has 1 amide bonds. The van der Waals surface area contributed by atoms with Crippen LogP contribution in [0.25, 0.3) is 22.0 Å². The highest BCUT2D eigenvalue weighted by atomic mass is 16.2. The number of carbonyl (C=O) groups is 1. The zero-order valence-corrected chi connectivity index (χ0v) is 15.2. The van der Waals surface area contributed by atoms with Crippen molar-refractivity contribution in [1.29, 1.82) is 5.26 Å². The largest absolute Gasteiger partial charge is 0.383 e. The number of nitrogens with two attached hydrogens (primary N) is 1. The Hall–Kier alpha value is -3.53. The average Bonchev–Trinajstić information content (AvgIpc) is 3.47. The van der Waals surface area contributed by atoms with Gasteiger partial charge in [-0.2, -0.15) is 5.26 Å². The summed E-state index contributed by atoms with van der Waals surface area (Å²) in [6.45, 7) is 3.44. The van der Waals surface area contributed by atoms with Crippen molar-refractivity contribution in [2.75, 3.05) is 11.1 Å². The molecule has 7 nitrogen and oxygen atoms in total. The smallest absolute Gasteiger partial charge is 0.228 e. The molecule has 3 N–H and O–H groups in total. The molecule has 3 heterocycles. The SMILES string of the molecule is CC#N.Cc1ccncc1-c1cc2cc(NC(=O)C3CC3)ncc2c(N)n1. The van der Waals surface area contributed by atoms with E-state index >= 15 is 0 Å². The molecule has 1 saturated carbocycles. The van der Waals surface area contributed by atoms with Gasteiger partial charge in [-0.15, -0.1) is 0 Å². The number of hydrogen-bond acceptors (Lipinski definition) is 6. The van der Waals surface area contributed by atoms with Crippen molar-refractivity contribution < 1.29 is 4.79 Å². The highest BCUT2D eigenvalue weighted by molar-refractivity contribution is 5.98. The molecule has 0 atom stereocenters. The number of amides is 1. The quantitative estimate of drug-likeness (QED) is 0.738. The maximum Gasteiger partial charge on any atom is 0.228 e. The lowest BCUT2D eigenvalue weighted by molar-refractivity contribution is -0.117. The van der Waals surface area contributed by atoms with E-state index in [1.165, 1.54) is 6.92 Å². The lowest BCUT2D eigenvalue weighted by atomic mass is 10.1. The van der Waals surface area contributed by atoms with Crippen LogP contribution in [-0.4, -0.2) is 20.9 Å². The van der Waals surface area contributed by atoms with E-state index in [2.05, 4.69) is 20.3 Å². The highest BCUT2D eigenvalue weighted by Crippen LogP contribution is 2.31. The number of nitriles is 1. The van der Waals surface area contributed by atoms with E-state index in [1.807, 2.05) is 25.1 Å². The molecule has 136 valence electrons. The molecule has 3 aromatic rings. The van der Waals surface area contributed by atoms with Crippen molar-refractivity contribution in [3.05, 3.63) is 42.4 Å². The lowest BCUT2D eigenvalue weighted by Gasteiger charge is -2.10. The number of fused-ring (bicyclic) bond motifs is 1. The van der Waals surface area contributed by atoms with Gasteiger partial charge in [-0.3, -0.25) is 9.78 Å². The Morgan fingerprint density at radius 3 is 2.74 bits per heavy atom. The normalized spacial score (nSPS) is 12.6. The highest BCUT2D eigenvalue weighted by Gasteiger charge is 2.29. The molecule has 1 fully saturated rings. The Morgan fingerprint density at radius 1 is 1.33 bits per heavy atom. The first-order valence-corrected chi connectivity index (χ1v) is 8.62. The second-order valence-electron chi connectivity index (χ2n) is 6.36. The van der Waals surface area contributed by atoms with Crippen molar-refractivity contribution in [2.45, 2.75) is 26.7 Å². The van der Waals surface area contributed by atoms with E-state index < -0.39 is 0 Å². The zero-order chi connectivity index (χ0) is 19.4. The zero-order valence-electron chi connectivity index (χ0n) is 15.2. The number of anilines is 2. The molecule has 27 heavy (non-hydrogen) atoms. The lowest BCUT2D eigenvalue weighted by Crippen LogP contribution is -2.14. The monoisotopic (exact) mass is 360 g/mol. The Morgan fingerprint density at radius 2 is 2.07 bits per heavy atom. The number of hydrogen-bond donors (Lipinski definition) is 2. The first kappa shape index (κ1) is 18.3. The summed E-state index contributed by atoms with van der Waals surface area (Å²) in [5.74, 6) is 1.13. The number of carbonyl (C=O) groups excluding carboxylic acids is 1. The van der Waals surface area contributed by atoms with Crippen LogP contribution in [0, 0.1) is 24.2 Å². The number of aryl methyl sites for hydroxylation is 1. The third-order valence-electron chi connectivity index (χ3n) is 4.26. The van der Waals surface area contributed by atoms with Crippen LogP contribution >= 0.6 is 0 Å². The summed E-state index contributed by atoms with van der Waals surface area (Å²) in [7, 11) is 0. The molecule has 1 aliphatic rings. The van der Waals surface area contributed by atoms with Crippen molar-refractivity contribution in [2.24, 2.45) is 5.92 Å². The Labute approximate surface area is 157 Å². The van der Waals surface area contributed by atoms with E-state index in [-0.39, 0.29) is 11.8 Å². The van der Waals surface area contributed by atoms with Gasteiger partial charge in [0.05, 0.1) is 11.8 Å². The van der Waals surface area contributed by atoms with Crippen LogP contribution in [0.2, 0.25) is 0 Å². The van der Waals surface area contributed by atoms with E-state index in [9.17, 15) is 4.79 Å². The fraction of sp³-hybridized carbons (Fsp3) is 0.250. The van der Waals surface area contributed by atoms with Gasteiger partial charge >= 0.3 is 0 Å². The molecular formula is C20H20N6O. The van der Waals surface area contributed by atoms with E-state index in [0.29, 0.717) is 11.6 Å². The van der Waals surface area contributed by atoms with Gasteiger partial charge in [-0.05, 0) is 48.9 Å². The van der Waals surface area contributed by atoms with Crippen molar-refractivity contribution >= 4 is 28.3 Å². The molecule has 0 radical (unpaired) electrons. The summed E-state index contributed by atoms with van der Waals surface area (Å²) in [6.07, 6.45) is 7.10. The summed E-state index contributed by atoms with van der Waals surface area (Å²) >= 11 is 0. The molecule has 4 rings (SSSR count). The minimum atomic E-state index is 0.0344. The fourth-order valence-electron chi connectivity index (χ4n) is 2.69. The summed E-state index contributed by atoms with van der Waals surface area (Å²) < 4.78 is 0. The Bertz CT molecular complexity index is 1040. The standard InChI is InChI=1S/C18H17N5O.C2H3N/c1-10-4-5-20-8-13(10)15-6-12-7-16(23-18(24)11-2-3-11)21-9-14(12)17(19)22-15;1-2-3/h4-9,11H,2-3H2,1H3,(H2,19,22)(H,21,23,24);1H3. The Balaban J connectivity index is 0.000000659. The predicted octanol–water partition coefficient (Wildman–Crippen LogP) is 3.46.